The third-order valence-corrected chi connectivity index (χ3v) is 5.24. The van der Waals surface area contributed by atoms with Crippen LogP contribution < -0.4 is 19.6 Å². The number of hydrazone groups is 1. The van der Waals surface area contributed by atoms with E-state index in [0.29, 0.717) is 37.5 Å². The lowest BCUT2D eigenvalue weighted by Gasteiger charge is -2.12. The number of esters is 1. The van der Waals surface area contributed by atoms with Crippen LogP contribution >= 0.6 is 22.6 Å². The smallest absolute Gasteiger partial charge is 0.343 e. The van der Waals surface area contributed by atoms with Crippen molar-refractivity contribution in [1.82, 2.24) is 5.43 Å². The van der Waals surface area contributed by atoms with E-state index < -0.39 is 11.9 Å². The number of amides is 1. The molecule has 0 radical (unpaired) electrons. The number of methoxy groups -OCH3 is 2. The number of carbonyl (C=O) groups excluding carboxylic acids is 2. The molecule has 0 spiro atoms. The lowest BCUT2D eigenvalue weighted by Crippen LogP contribution is -2.18. The van der Waals surface area contributed by atoms with Crippen LogP contribution in [-0.2, 0) is 0 Å². The van der Waals surface area contributed by atoms with Crippen LogP contribution in [0.1, 0.15) is 31.8 Å². The van der Waals surface area contributed by atoms with Gasteiger partial charge >= 0.3 is 5.97 Å². The fraction of sp³-hybridized carbons (Fsp3) is 0.125. The minimum absolute atomic E-state index is 0.313. The van der Waals surface area contributed by atoms with E-state index in [9.17, 15) is 9.59 Å². The highest BCUT2D eigenvalue weighted by Gasteiger charge is 2.17. The molecule has 1 N–H and O–H groups in total. The molecule has 0 atom stereocenters. The van der Waals surface area contributed by atoms with Crippen molar-refractivity contribution in [3.05, 3.63) is 86.5 Å². The van der Waals surface area contributed by atoms with Gasteiger partial charge in [-0.15, -0.1) is 0 Å². The number of rotatable bonds is 7. The highest BCUT2D eigenvalue weighted by atomic mass is 127. The van der Waals surface area contributed by atoms with Crippen LogP contribution in [0.3, 0.4) is 0 Å². The normalized spacial score (nSPS) is 10.6. The van der Waals surface area contributed by atoms with Crippen LogP contribution in [0.2, 0.25) is 0 Å². The van der Waals surface area contributed by atoms with Gasteiger partial charge in [-0.05, 0) is 77.0 Å². The number of hydrogen-bond acceptors (Lipinski definition) is 6. The van der Waals surface area contributed by atoms with Gasteiger partial charge in [-0.25, -0.2) is 10.2 Å². The number of nitrogens with zero attached hydrogens (tertiary/aromatic N) is 1. The van der Waals surface area contributed by atoms with Crippen LogP contribution in [0.5, 0.6) is 17.2 Å². The topological polar surface area (TPSA) is 86.2 Å². The molecule has 0 unspecified atom stereocenters. The molecule has 3 rings (SSSR count). The second-order valence-electron chi connectivity index (χ2n) is 6.69. The first-order valence-electron chi connectivity index (χ1n) is 9.55. The maximum Gasteiger partial charge on any atom is 0.343 e. The van der Waals surface area contributed by atoms with E-state index in [1.54, 1.807) is 48.5 Å². The van der Waals surface area contributed by atoms with Gasteiger partial charge < -0.3 is 14.2 Å². The van der Waals surface area contributed by atoms with E-state index >= 15 is 0 Å². The number of nitrogens with one attached hydrogen (secondary N) is 1. The summed E-state index contributed by atoms with van der Waals surface area (Å²) in [5.41, 5.74) is 4.94. The fourth-order valence-corrected chi connectivity index (χ4v) is 3.59. The first-order chi connectivity index (χ1) is 15.4. The van der Waals surface area contributed by atoms with E-state index in [1.165, 1.54) is 20.4 Å². The van der Waals surface area contributed by atoms with Gasteiger partial charge in [-0.2, -0.15) is 5.10 Å². The molecule has 0 bridgehead atoms. The molecule has 3 aromatic rings. The Morgan fingerprint density at radius 1 is 0.969 bits per heavy atom. The summed E-state index contributed by atoms with van der Waals surface area (Å²) in [6, 6.07) is 17.4. The SMILES string of the molecule is COc1cc(C)ccc1C(=O)N/N=C\c1cc(I)c(OC(=O)c2ccccc2)c(OC)c1. The van der Waals surface area contributed by atoms with Crippen LogP contribution in [0.15, 0.2) is 65.8 Å². The third kappa shape index (κ3) is 5.64. The maximum atomic E-state index is 12.4. The maximum absolute atomic E-state index is 12.4. The van der Waals surface area contributed by atoms with Gasteiger partial charge in [-0.3, -0.25) is 4.79 Å². The van der Waals surface area contributed by atoms with E-state index in [-0.39, 0.29) is 0 Å². The largest absolute Gasteiger partial charge is 0.496 e. The van der Waals surface area contributed by atoms with E-state index in [0.717, 1.165) is 5.56 Å². The average Bonchev–Trinajstić information content (AvgIpc) is 2.80. The molecule has 7 nitrogen and oxygen atoms in total. The molecule has 1 amide bonds. The number of ether oxygens (including phenoxy) is 3. The summed E-state index contributed by atoms with van der Waals surface area (Å²) >= 11 is 2.05. The molecule has 3 aromatic carbocycles. The monoisotopic (exact) mass is 544 g/mol. The van der Waals surface area contributed by atoms with Gasteiger partial charge in [0.15, 0.2) is 11.5 Å². The first kappa shape index (κ1) is 23.3. The highest BCUT2D eigenvalue weighted by molar-refractivity contribution is 14.1. The molecular formula is C24H21IN2O5. The average molecular weight is 544 g/mol. The Morgan fingerprint density at radius 3 is 2.38 bits per heavy atom. The Morgan fingerprint density at radius 2 is 1.69 bits per heavy atom. The van der Waals surface area contributed by atoms with Crippen LogP contribution in [0, 0.1) is 10.5 Å². The molecule has 0 aromatic heterocycles. The predicted octanol–water partition coefficient (Wildman–Crippen LogP) is 4.60. The van der Waals surface area contributed by atoms with Crippen molar-refractivity contribution in [2.45, 2.75) is 6.92 Å². The summed E-state index contributed by atoms with van der Waals surface area (Å²) in [5, 5.41) is 4.02. The van der Waals surface area contributed by atoms with E-state index in [1.807, 2.05) is 19.1 Å². The summed E-state index contributed by atoms with van der Waals surface area (Å²) in [4.78, 5) is 24.8. The standard InChI is InChI=1S/C24H21IN2O5/c1-15-9-10-18(20(11-15)30-2)23(28)27-26-14-16-12-19(25)22(21(13-16)31-3)32-24(29)17-7-5-4-6-8-17/h4-14H,1-3H3,(H,27,28)/b26-14-. The second-order valence-corrected chi connectivity index (χ2v) is 7.85. The number of benzene rings is 3. The molecule has 0 fully saturated rings. The molecule has 32 heavy (non-hydrogen) atoms. The summed E-state index contributed by atoms with van der Waals surface area (Å²) in [6.45, 7) is 1.91. The molecule has 0 heterocycles. The van der Waals surface area contributed by atoms with Crippen LogP contribution in [-0.4, -0.2) is 32.3 Å². The highest BCUT2D eigenvalue weighted by Crippen LogP contribution is 2.34. The van der Waals surface area contributed by atoms with Gasteiger partial charge in [0.2, 0.25) is 0 Å². The molecule has 8 heteroatoms. The molecule has 0 aliphatic carbocycles. The van der Waals surface area contributed by atoms with Gasteiger partial charge in [0, 0.05) is 0 Å². The van der Waals surface area contributed by atoms with Crippen molar-refractivity contribution in [2.24, 2.45) is 5.10 Å². The minimum atomic E-state index is -0.484. The fourth-order valence-electron chi connectivity index (χ4n) is 2.85. The molecule has 164 valence electrons. The van der Waals surface area contributed by atoms with E-state index in [2.05, 4.69) is 33.1 Å². The predicted molar refractivity (Wildman–Crippen MR) is 130 cm³/mol. The van der Waals surface area contributed by atoms with Gasteiger partial charge in [0.25, 0.3) is 5.91 Å². The lowest BCUT2D eigenvalue weighted by molar-refractivity contribution is 0.0728. The summed E-state index contributed by atoms with van der Waals surface area (Å²) in [5.74, 6) is 0.274. The zero-order valence-electron chi connectivity index (χ0n) is 17.7. The lowest BCUT2D eigenvalue weighted by atomic mass is 10.1. The Hall–Kier alpha value is -3.40. The Labute approximate surface area is 199 Å². The Kier molecular flexibility index (Phi) is 7.82. The first-order valence-corrected chi connectivity index (χ1v) is 10.6. The molecule has 0 aliphatic rings. The summed E-state index contributed by atoms with van der Waals surface area (Å²) < 4.78 is 16.9. The number of aryl methyl sites for hydroxylation is 1. The quantitative estimate of drug-likeness (QED) is 0.155. The number of halogens is 1. The number of hydrogen-bond donors (Lipinski definition) is 1. The Balaban J connectivity index is 1.75. The third-order valence-electron chi connectivity index (χ3n) is 4.44. The summed E-state index contributed by atoms with van der Waals surface area (Å²) in [6.07, 6.45) is 1.48. The summed E-state index contributed by atoms with van der Waals surface area (Å²) in [7, 11) is 2.99. The van der Waals surface area contributed by atoms with Gasteiger partial charge in [0.05, 0.1) is 35.1 Å². The van der Waals surface area contributed by atoms with Gasteiger partial charge in [0.1, 0.15) is 5.75 Å². The second kappa shape index (κ2) is 10.8. The van der Waals surface area contributed by atoms with Crippen molar-refractivity contribution in [3.8, 4) is 17.2 Å². The van der Waals surface area contributed by atoms with Crippen molar-refractivity contribution < 1.29 is 23.8 Å². The molecule has 0 aliphatic heterocycles. The molecule has 0 saturated carbocycles. The van der Waals surface area contributed by atoms with Crippen molar-refractivity contribution in [1.29, 1.82) is 0 Å². The zero-order chi connectivity index (χ0) is 23.1. The Bertz CT molecular complexity index is 1160. The molecule has 0 saturated heterocycles. The van der Waals surface area contributed by atoms with Crippen LogP contribution in [0.4, 0.5) is 0 Å². The minimum Gasteiger partial charge on any atom is -0.496 e. The van der Waals surface area contributed by atoms with E-state index in [4.69, 9.17) is 14.2 Å². The zero-order valence-corrected chi connectivity index (χ0v) is 19.9. The van der Waals surface area contributed by atoms with Gasteiger partial charge in [-0.1, -0.05) is 24.3 Å². The van der Waals surface area contributed by atoms with Crippen molar-refractivity contribution >= 4 is 40.7 Å². The van der Waals surface area contributed by atoms with Crippen LogP contribution in [0.25, 0.3) is 0 Å². The number of carbonyl (C=O) groups is 2. The van der Waals surface area contributed by atoms with Crippen molar-refractivity contribution in [3.63, 3.8) is 0 Å². The van der Waals surface area contributed by atoms with Crippen molar-refractivity contribution in [2.75, 3.05) is 14.2 Å². The molecular weight excluding hydrogens is 523 g/mol.